The Balaban J connectivity index is 3.07. The van der Waals surface area contributed by atoms with Crippen LogP contribution in [0.4, 0.5) is 4.39 Å². The second kappa shape index (κ2) is 43.9. The first-order valence-corrected chi connectivity index (χ1v) is 17.5. The van der Waals surface area contributed by atoms with Gasteiger partial charge in [-0.1, -0.05) is 26.2 Å². The van der Waals surface area contributed by atoms with Crippen LogP contribution in [0.25, 0.3) is 0 Å². The summed E-state index contributed by atoms with van der Waals surface area (Å²) in [5.41, 5.74) is 0. The number of esters is 1. The molecule has 0 saturated carbocycles. The molecule has 15 heteroatoms. The molecular weight excluding hydrogens is 639 g/mol. The van der Waals surface area contributed by atoms with Gasteiger partial charge in [-0.15, -0.1) is 0 Å². The number of carbonyl (C=O) groups is 1. The smallest absolute Gasteiger partial charge is 0.305 e. The van der Waals surface area contributed by atoms with Gasteiger partial charge in [0.25, 0.3) is 0 Å². The average Bonchev–Trinajstić information content (AvgIpc) is 3.09. The highest BCUT2D eigenvalue weighted by Crippen LogP contribution is 2.03. The summed E-state index contributed by atoms with van der Waals surface area (Å²) in [4.78, 5) is 11.5. The Kier molecular flexibility index (Phi) is 43.0. The van der Waals surface area contributed by atoms with Gasteiger partial charge in [0, 0.05) is 6.42 Å². The van der Waals surface area contributed by atoms with Crippen LogP contribution in [0.15, 0.2) is 0 Å². The topological polar surface area (TPSA) is 137 Å². The Bertz CT molecular complexity index is 609. The molecule has 0 aromatic heterocycles. The van der Waals surface area contributed by atoms with Crippen molar-refractivity contribution in [2.24, 2.45) is 0 Å². The molecule has 288 valence electrons. The lowest BCUT2D eigenvalue weighted by Crippen LogP contribution is -2.15. The van der Waals surface area contributed by atoms with Crippen LogP contribution in [-0.2, 0) is 66.4 Å². The first-order chi connectivity index (χ1) is 23.8. The van der Waals surface area contributed by atoms with E-state index in [0.29, 0.717) is 158 Å². The Morgan fingerprint density at radius 3 is 0.854 bits per heavy atom. The molecule has 0 atom stereocenters. The zero-order valence-electron chi connectivity index (χ0n) is 29.5. The van der Waals surface area contributed by atoms with Crippen molar-refractivity contribution in [2.45, 2.75) is 39.0 Å². The van der Waals surface area contributed by atoms with E-state index in [1.54, 1.807) is 0 Å². The molecule has 0 spiro atoms. The van der Waals surface area contributed by atoms with Gasteiger partial charge in [-0.25, -0.2) is 4.39 Å². The number of halogens is 1. The minimum atomic E-state index is -0.478. The van der Waals surface area contributed by atoms with E-state index < -0.39 is 6.67 Å². The highest BCUT2D eigenvalue weighted by atomic mass is 19.1. The van der Waals surface area contributed by atoms with Gasteiger partial charge in [-0.3, -0.25) is 4.79 Å². The van der Waals surface area contributed by atoms with E-state index in [1.807, 2.05) is 0 Å². The van der Waals surface area contributed by atoms with Crippen LogP contribution in [0.2, 0.25) is 0 Å². The summed E-state index contributed by atoms with van der Waals surface area (Å²) < 4.78 is 81.6. The zero-order chi connectivity index (χ0) is 34.7. The van der Waals surface area contributed by atoms with Gasteiger partial charge in [0.2, 0.25) is 0 Å². The summed E-state index contributed by atoms with van der Waals surface area (Å²) >= 11 is 0. The number of alkyl halides is 1. The Hall–Kier alpha value is -1.08. The number of ether oxygens (including phenoxy) is 13. The van der Waals surface area contributed by atoms with E-state index in [9.17, 15) is 9.18 Å². The number of hydrogen-bond acceptors (Lipinski definition) is 14. The third-order valence-corrected chi connectivity index (χ3v) is 6.04. The summed E-state index contributed by atoms with van der Waals surface area (Å²) in [7, 11) is 0. The first-order valence-electron chi connectivity index (χ1n) is 17.5. The minimum Gasteiger partial charge on any atom is -0.463 e. The van der Waals surface area contributed by atoms with Crippen molar-refractivity contribution < 1.29 is 70.8 Å². The van der Waals surface area contributed by atoms with E-state index in [4.69, 9.17) is 61.6 Å². The molecule has 0 aliphatic heterocycles. The van der Waals surface area contributed by atoms with Gasteiger partial charge in [-0.2, -0.15) is 0 Å². The lowest BCUT2D eigenvalue weighted by molar-refractivity contribution is -0.145. The molecule has 0 aliphatic rings. The molecule has 0 aromatic rings. The SMILES string of the molecule is CCCCCCC(=O)OCCOCCOCCOCCOCCOCCOCCOCCOCCOCCOCCOCCOCCF. The molecule has 0 bridgehead atoms. The van der Waals surface area contributed by atoms with Gasteiger partial charge < -0.3 is 61.6 Å². The summed E-state index contributed by atoms with van der Waals surface area (Å²) in [6.45, 7) is 12.9. The van der Waals surface area contributed by atoms with E-state index in [-0.39, 0.29) is 19.2 Å². The van der Waals surface area contributed by atoms with Crippen molar-refractivity contribution >= 4 is 5.97 Å². The summed E-state index contributed by atoms with van der Waals surface area (Å²) in [5, 5.41) is 0. The Labute approximate surface area is 287 Å². The molecule has 0 amide bonds. The fourth-order valence-corrected chi connectivity index (χ4v) is 3.56. The Morgan fingerprint density at radius 1 is 0.354 bits per heavy atom. The monoisotopic (exact) mass is 704 g/mol. The Morgan fingerprint density at radius 2 is 0.604 bits per heavy atom. The quantitative estimate of drug-likeness (QED) is 0.0680. The van der Waals surface area contributed by atoms with Gasteiger partial charge >= 0.3 is 5.97 Å². The van der Waals surface area contributed by atoms with Crippen molar-refractivity contribution in [1.82, 2.24) is 0 Å². The van der Waals surface area contributed by atoms with E-state index in [0.717, 1.165) is 25.7 Å². The third-order valence-electron chi connectivity index (χ3n) is 6.04. The minimum absolute atomic E-state index is 0.110. The van der Waals surface area contributed by atoms with Crippen LogP contribution >= 0.6 is 0 Å². The molecule has 0 aromatic carbocycles. The standard InChI is InChI=1S/C33H65FO14/c1-2-3-4-5-6-33(35)48-32-31-47-30-29-46-28-27-45-26-25-44-24-23-43-22-21-42-20-19-41-18-17-40-16-15-39-14-13-38-12-11-37-10-9-36-8-7-34/h2-32H2,1H3. The number of carbonyl (C=O) groups excluding carboxylic acids is 1. The van der Waals surface area contributed by atoms with E-state index in [1.165, 1.54) is 0 Å². The highest BCUT2D eigenvalue weighted by molar-refractivity contribution is 5.69. The second-order valence-corrected chi connectivity index (χ2v) is 10.1. The van der Waals surface area contributed by atoms with Crippen LogP contribution in [0.5, 0.6) is 0 Å². The zero-order valence-corrected chi connectivity index (χ0v) is 29.5. The van der Waals surface area contributed by atoms with Gasteiger partial charge in [0.1, 0.15) is 13.3 Å². The molecule has 0 saturated heterocycles. The van der Waals surface area contributed by atoms with Crippen molar-refractivity contribution in [3.8, 4) is 0 Å². The van der Waals surface area contributed by atoms with Gasteiger partial charge in [0.15, 0.2) is 0 Å². The molecule has 0 radical (unpaired) electrons. The first kappa shape index (κ1) is 46.9. The lowest BCUT2D eigenvalue weighted by atomic mass is 10.2. The van der Waals surface area contributed by atoms with Gasteiger partial charge in [-0.05, 0) is 6.42 Å². The predicted molar refractivity (Wildman–Crippen MR) is 176 cm³/mol. The van der Waals surface area contributed by atoms with Gasteiger partial charge in [0.05, 0.1) is 159 Å². The molecule has 0 rings (SSSR count). The summed E-state index contributed by atoms with van der Waals surface area (Å²) in [6, 6.07) is 0. The molecule has 0 heterocycles. The molecule has 0 aliphatic carbocycles. The van der Waals surface area contributed by atoms with Crippen LogP contribution in [-0.4, -0.2) is 178 Å². The lowest BCUT2D eigenvalue weighted by Gasteiger charge is -2.09. The molecule has 0 N–H and O–H groups in total. The van der Waals surface area contributed by atoms with Crippen molar-refractivity contribution in [1.29, 1.82) is 0 Å². The largest absolute Gasteiger partial charge is 0.463 e. The fourth-order valence-electron chi connectivity index (χ4n) is 3.56. The van der Waals surface area contributed by atoms with Crippen molar-refractivity contribution in [3.05, 3.63) is 0 Å². The maximum atomic E-state index is 11.8. The molecule has 0 unspecified atom stereocenters. The van der Waals surface area contributed by atoms with Crippen molar-refractivity contribution in [3.63, 3.8) is 0 Å². The number of hydrogen-bond donors (Lipinski definition) is 0. The maximum absolute atomic E-state index is 11.8. The number of unbranched alkanes of at least 4 members (excludes halogenated alkanes) is 3. The predicted octanol–water partition coefficient (Wildman–Crippen LogP) is 2.67. The molecule has 0 fully saturated rings. The van der Waals surface area contributed by atoms with Crippen molar-refractivity contribution in [2.75, 3.05) is 172 Å². The molecule has 14 nitrogen and oxygen atoms in total. The highest BCUT2D eigenvalue weighted by Gasteiger charge is 2.02. The van der Waals surface area contributed by atoms with Crippen LogP contribution in [0, 0.1) is 0 Å². The normalized spacial score (nSPS) is 11.5. The van der Waals surface area contributed by atoms with Crippen LogP contribution in [0.1, 0.15) is 39.0 Å². The maximum Gasteiger partial charge on any atom is 0.305 e. The fraction of sp³-hybridized carbons (Fsp3) is 0.970. The molecule has 48 heavy (non-hydrogen) atoms. The average molecular weight is 705 g/mol. The second-order valence-electron chi connectivity index (χ2n) is 10.1. The third kappa shape index (κ3) is 42.9. The summed E-state index contributed by atoms with van der Waals surface area (Å²) in [6.07, 6.45) is 4.74. The summed E-state index contributed by atoms with van der Waals surface area (Å²) in [5.74, 6) is -0.156. The van der Waals surface area contributed by atoms with E-state index in [2.05, 4.69) is 6.92 Å². The van der Waals surface area contributed by atoms with Crippen LogP contribution < -0.4 is 0 Å². The number of rotatable bonds is 43. The van der Waals surface area contributed by atoms with Crippen LogP contribution in [0.3, 0.4) is 0 Å². The molecular formula is C33H65FO14. The van der Waals surface area contributed by atoms with E-state index >= 15 is 0 Å².